The summed E-state index contributed by atoms with van der Waals surface area (Å²) in [6, 6.07) is 0. The minimum Gasteiger partial charge on any atom is -0.481 e. The highest BCUT2D eigenvalue weighted by atomic mass is 16.4. The summed E-state index contributed by atoms with van der Waals surface area (Å²) in [6.07, 6.45) is 22.5. The Kier molecular flexibility index (Phi) is 27.9. The number of carboxylic acids is 1. The smallest absolute Gasteiger partial charge is 0.303 e. The van der Waals surface area contributed by atoms with Gasteiger partial charge in [-0.25, -0.2) is 0 Å². The van der Waals surface area contributed by atoms with Crippen LogP contribution in [-0.4, -0.2) is 34.0 Å². The molecule has 0 aliphatic rings. The predicted octanol–water partition coefficient (Wildman–Crippen LogP) is 6.86. The van der Waals surface area contributed by atoms with Gasteiger partial charge in [0, 0.05) is 6.42 Å². The zero-order valence-electron chi connectivity index (χ0n) is 19.0. The van der Waals surface area contributed by atoms with Crippen molar-refractivity contribution < 1.29 is 20.1 Å². The van der Waals surface area contributed by atoms with Crippen LogP contribution in [-0.2, 0) is 4.79 Å². The van der Waals surface area contributed by atoms with Crippen LogP contribution >= 0.6 is 0 Å². The van der Waals surface area contributed by atoms with Gasteiger partial charge in [-0.1, -0.05) is 117 Å². The second-order valence-corrected chi connectivity index (χ2v) is 8.07. The van der Waals surface area contributed by atoms with E-state index >= 15 is 0 Å². The molecule has 1 unspecified atom stereocenters. The van der Waals surface area contributed by atoms with E-state index in [1.54, 1.807) is 0 Å². The summed E-state index contributed by atoms with van der Waals surface area (Å²) >= 11 is 0. The average molecular weight is 403 g/mol. The summed E-state index contributed by atoms with van der Waals surface area (Å²) in [5.74, 6) is -0.653. The molecule has 0 bridgehead atoms. The van der Waals surface area contributed by atoms with Gasteiger partial charge in [0.1, 0.15) is 0 Å². The van der Waals surface area contributed by atoms with Crippen molar-refractivity contribution in [3.8, 4) is 0 Å². The topological polar surface area (TPSA) is 77.8 Å². The van der Waals surface area contributed by atoms with E-state index in [1.807, 2.05) is 0 Å². The van der Waals surface area contributed by atoms with Crippen LogP contribution in [0.4, 0.5) is 0 Å². The van der Waals surface area contributed by atoms with Gasteiger partial charge in [-0.3, -0.25) is 4.79 Å². The summed E-state index contributed by atoms with van der Waals surface area (Å²) < 4.78 is 0. The Morgan fingerprint density at radius 1 is 0.643 bits per heavy atom. The van der Waals surface area contributed by atoms with Crippen molar-refractivity contribution in [2.45, 2.75) is 142 Å². The van der Waals surface area contributed by atoms with Gasteiger partial charge in [-0.2, -0.15) is 0 Å². The van der Waals surface area contributed by atoms with Gasteiger partial charge in [0.2, 0.25) is 0 Å². The van der Waals surface area contributed by atoms with Crippen molar-refractivity contribution in [1.82, 2.24) is 0 Å². The molecule has 170 valence electrons. The van der Waals surface area contributed by atoms with Crippen molar-refractivity contribution in [3.63, 3.8) is 0 Å². The number of rotatable bonds is 20. The number of aliphatic hydroxyl groups excluding tert-OH is 2. The van der Waals surface area contributed by atoms with Crippen LogP contribution in [0.2, 0.25) is 0 Å². The third kappa shape index (κ3) is 30.1. The van der Waals surface area contributed by atoms with Crippen LogP contribution in [0.25, 0.3) is 0 Å². The Balaban J connectivity index is 0. The van der Waals surface area contributed by atoms with Crippen LogP contribution in [0, 0.1) is 0 Å². The lowest BCUT2D eigenvalue weighted by atomic mass is 10.0. The molecular weight excluding hydrogens is 352 g/mol. The fourth-order valence-corrected chi connectivity index (χ4v) is 3.18. The van der Waals surface area contributed by atoms with Crippen molar-refractivity contribution >= 4 is 5.97 Å². The van der Waals surface area contributed by atoms with E-state index < -0.39 is 12.1 Å². The molecule has 0 aromatic heterocycles. The SMILES string of the molecule is CCCCC(O)CO.CCCCCCCCCCCCCCCCCC(=O)O. The molecule has 4 nitrogen and oxygen atoms in total. The first-order valence-electron chi connectivity index (χ1n) is 12.1. The summed E-state index contributed by atoms with van der Waals surface area (Å²) in [4.78, 5) is 10.3. The second-order valence-electron chi connectivity index (χ2n) is 8.07. The molecule has 0 rings (SSSR count). The Bertz CT molecular complexity index is 294. The summed E-state index contributed by atoms with van der Waals surface area (Å²) in [5, 5.41) is 25.6. The lowest BCUT2D eigenvalue weighted by molar-refractivity contribution is -0.137. The van der Waals surface area contributed by atoms with E-state index in [4.69, 9.17) is 15.3 Å². The molecule has 4 heteroatoms. The maximum atomic E-state index is 10.3. The Morgan fingerprint density at radius 2 is 1.00 bits per heavy atom. The van der Waals surface area contributed by atoms with Crippen LogP contribution in [0.15, 0.2) is 0 Å². The quantitative estimate of drug-likeness (QED) is 0.194. The number of carbonyl (C=O) groups is 1. The van der Waals surface area contributed by atoms with Crippen LogP contribution in [0.3, 0.4) is 0 Å². The van der Waals surface area contributed by atoms with E-state index in [2.05, 4.69) is 13.8 Å². The van der Waals surface area contributed by atoms with Gasteiger partial charge in [0.15, 0.2) is 0 Å². The summed E-state index contributed by atoms with van der Waals surface area (Å²) in [5.41, 5.74) is 0. The first kappa shape index (κ1) is 29.6. The highest BCUT2D eigenvalue weighted by Gasteiger charge is 1.98. The number of hydrogen-bond acceptors (Lipinski definition) is 3. The van der Waals surface area contributed by atoms with Gasteiger partial charge >= 0.3 is 5.97 Å². The molecule has 0 saturated carbocycles. The highest BCUT2D eigenvalue weighted by Crippen LogP contribution is 2.13. The highest BCUT2D eigenvalue weighted by molar-refractivity contribution is 5.66. The zero-order chi connectivity index (χ0) is 21.3. The van der Waals surface area contributed by atoms with E-state index in [9.17, 15) is 4.79 Å². The minimum absolute atomic E-state index is 0.0972. The number of carboxylic acid groups (broad SMARTS) is 1. The Hall–Kier alpha value is -0.610. The van der Waals surface area contributed by atoms with E-state index in [0.717, 1.165) is 32.1 Å². The first-order chi connectivity index (χ1) is 13.6. The Morgan fingerprint density at radius 3 is 1.32 bits per heavy atom. The molecule has 0 fully saturated rings. The minimum atomic E-state index is -0.653. The van der Waals surface area contributed by atoms with Crippen molar-refractivity contribution in [1.29, 1.82) is 0 Å². The van der Waals surface area contributed by atoms with E-state index in [1.165, 1.54) is 83.5 Å². The Labute approximate surface area is 175 Å². The second kappa shape index (κ2) is 26.4. The van der Waals surface area contributed by atoms with Crippen LogP contribution in [0.1, 0.15) is 136 Å². The van der Waals surface area contributed by atoms with Gasteiger partial charge in [0.05, 0.1) is 12.7 Å². The third-order valence-corrected chi connectivity index (χ3v) is 5.10. The maximum Gasteiger partial charge on any atom is 0.303 e. The lowest BCUT2D eigenvalue weighted by Crippen LogP contribution is -2.10. The van der Waals surface area contributed by atoms with Gasteiger partial charge in [-0.05, 0) is 12.8 Å². The molecule has 0 aliphatic carbocycles. The standard InChI is InChI=1S/C18H36O2.C6H14O2/c1-2-3-4-5-6-7-8-9-10-11-12-13-14-15-16-17-18(19)20;1-2-3-4-6(8)5-7/h2-17H2,1H3,(H,19,20);6-8H,2-5H2,1H3. The molecule has 0 aliphatic heterocycles. The first-order valence-corrected chi connectivity index (χ1v) is 12.1. The van der Waals surface area contributed by atoms with Crippen molar-refractivity contribution in [2.24, 2.45) is 0 Å². The largest absolute Gasteiger partial charge is 0.481 e. The van der Waals surface area contributed by atoms with E-state index in [-0.39, 0.29) is 6.61 Å². The third-order valence-electron chi connectivity index (χ3n) is 5.10. The fraction of sp³-hybridized carbons (Fsp3) is 0.958. The van der Waals surface area contributed by atoms with Crippen molar-refractivity contribution in [3.05, 3.63) is 0 Å². The monoisotopic (exact) mass is 402 g/mol. The number of aliphatic carboxylic acids is 1. The van der Waals surface area contributed by atoms with Crippen LogP contribution in [0.5, 0.6) is 0 Å². The normalized spacial score (nSPS) is 11.7. The van der Waals surface area contributed by atoms with Crippen molar-refractivity contribution in [2.75, 3.05) is 6.61 Å². The number of unbranched alkanes of at least 4 members (excludes halogenated alkanes) is 15. The van der Waals surface area contributed by atoms with E-state index in [0.29, 0.717) is 6.42 Å². The summed E-state index contributed by atoms with van der Waals surface area (Å²) in [7, 11) is 0. The maximum absolute atomic E-state index is 10.3. The number of hydrogen-bond donors (Lipinski definition) is 3. The van der Waals surface area contributed by atoms with Gasteiger partial charge in [0.25, 0.3) is 0 Å². The van der Waals surface area contributed by atoms with Crippen LogP contribution < -0.4 is 0 Å². The molecule has 3 N–H and O–H groups in total. The van der Waals surface area contributed by atoms with Gasteiger partial charge < -0.3 is 15.3 Å². The molecule has 0 aromatic rings. The molecule has 0 amide bonds. The average Bonchev–Trinajstić information content (AvgIpc) is 2.69. The number of aliphatic hydroxyl groups is 2. The molecule has 0 radical (unpaired) electrons. The van der Waals surface area contributed by atoms with Gasteiger partial charge in [-0.15, -0.1) is 0 Å². The molecule has 0 spiro atoms. The zero-order valence-corrected chi connectivity index (χ0v) is 19.0. The molecule has 1 atom stereocenters. The molecule has 0 heterocycles. The summed E-state index contributed by atoms with van der Waals surface area (Å²) in [6.45, 7) is 4.23. The fourth-order valence-electron chi connectivity index (χ4n) is 3.18. The predicted molar refractivity (Wildman–Crippen MR) is 120 cm³/mol. The molecule has 28 heavy (non-hydrogen) atoms. The molecule has 0 aromatic carbocycles. The molecular formula is C24H50O4. The molecule has 0 saturated heterocycles. The lowest BCUT2D eigenvalue weighted by Gasteiger charge is -2.03.